The maximum atomic E-state index is 12.8. The molecule has 0 aliphatic heterocycles. The Morgan fingerprint density at radius 1 is 1.07 bits per heavy atom. The molecule has 27 heavy (non-hydrogen) atoms. The van der Waals surface area contributed by atoms with Crippen molar-refractivity contribution in [3.05, 3.63) is 53.2 Å². The van der Waals surface area contributed by atoms with Crippen LogP contribution in [0.5, 0.6) is 17.2 Å². The van der Waals surface area contributed by atoms with Crippen LogP contribution in [0.3, 0.4) is 0 Å². The summed E-state index contributed by atoms with van der Waals surface area (Å²) in [5.74, 6) is 1.41. The normalized spacial score (nSPS) is 15.4. The van der Waals surface area contributed by atoms with Gasteiger partial charge in [0.1, 0.15) is 5.69 Å². The Bertz CT molecular complexity index is 1010. The molecule has 4 rings (SSSR count). The SMILES string of the molecule is COc1cc2cc(C(=O)N[C@H]3CCc4ccccc43)[nH]c2c(OC)c1OC. The number of H-pyrrole nitrogens is 1. The highest BCUT2D eigenvalue weighted by molar-refractivity contribution is 6.01. The van der Waals surface area contributed by atoms with Gasteiger partial charge >= 0.3 is 0 Å². The first kappa shape index (κ1) is 17.3. The molecule has 0 unspecified atom stereocenters. The van der Waals surface area contributed by atoms with E-state index >= 15 is 0 Å². The molecule has 0 radical (unpaired) electrons. The van der Waals surface area contributed by atoms with Crippen LogP contribution in [0, 0.1) is 0 Å². The largest absolute Gasteiger partial charge is 0.493 e. The second kappa shape index (κ2) is 6.87. The highest BCUT2D eigenvalue weighted by atomic mass is 16.5. The molecule has 2 aromatic carbocycles. The minimum Gasteiger partial charge on any atom is -0.493 e. The van der Waals surface area contributed by atoms with E-state index in [1.807, 2.05) is 18.2 Å². The molecule has 6 heteroatoms. The Labute approximate surface area is 157 Å². The van der Waals surface area contributed by atoms with E-state index in [4.69, 9.17) is 14.2 Å². The summed E-state index contributed by atoms with van der Waals surface area (Å²) in [7, 11) is 4.69. The van der Waals surface area contributed by atoms with Crippen molar-refractivity contribution >= 4 is 16.8 Å². The summed E-state index contributed by atoms with van der Waals surface area (Å²) in [5, 5.41) is 3.95. The van der Waals surface area contributed by atoms with Crippen molar-refractivity contribution in [3.8, 4) is 17.2 Å². The fraction of sp³-hybridized carbons (Fsp3) is 0.286. The van der Waals surface area contributed by atoms with Crippen LogP contribution in [-0.4, -0.2) is 32.2 Å². The van der Waals surface area contributed by atoms with Gasteiger partial charge in [0.05, 0.1) is 32.9 Å². The summed E-state index contributed by atoms with van der Waals surface area (Å²) in [5.41, 5.74) is 3.67. The van der Waals surface area contributed by atoms with Gasteiger partial charge in [-0.05, 0) is 36.1 Å². The number of benzene rings is 2. The Balaban J connectivity index is 1.67. The monoisotopic (exact) mass is 366 g/mol. The van der Waals surface area contributed by atoms with E-state index in [-0.39, 0.29) is 11.9 Å². The summed E-state index contributed by atoms with van der Waals surface area (Å²) < 4.78 is 16.3. The highest BCUT2D eigenvalue weighted by Crippen LogP contribution is 2.43. The van der Waals surface area contributed by atoms with Gasteiger partial charge in [0, 0.05) is 5.39 Å². The number of carbonyl (C=O) groups excluding carboxylic acids is 1. The summed E-state index contributed by atoms with van der Waals surface area (Å²) >= 11 is 0. The van der Waals surface area contributed by atoms with E-state index in [9.17, 15) is 4.79 Å². The number of ether oxygens (including phenoxy) is 3. The molecule has 0 spiro atoms. The topological polar surface area (TPSA) is 72.6 Å². The Morgan fingerprint density at radius 3 is 2.59 bits per heavy atom. The molecule has 0 bridgehead atoms. The van der Waals surface area contributed by atoms with Gasteiger partial charge < -0.3 is 24.5 Å². The zero-order chi connectivity index (χ0) is 19.0. The first-order valence-electron chi connectivity index (χ1n) is 8.86. The number of aryl methyl sites for hydroxylation is 1. The van der Waals surface area contributed by atoms with Gasteiger partial charge in [-0.25, -0.2) is 0 Å². The molecule has 1 atom stereocenters. The van der Waals surface area contributed by atoms with Gasteiger partial charge in [0.2, 0.25) is 5.75 Å². The van der Waals surface area contributed by atoms with Gasteiger partial charge in [-0.15, -0.1) is 0 Å². The van der Waals surface area contributed by atoms with Crippen molar-refractivity contribution in [3.63, 3.8) is 0 Å². The lowest BCUT2D eigenvalue weighted by molar-refractivity contribution is 0.0932. The lowest BCUT2D eigenvalue weighted by Gasteiger charge is -2.13. The van der Waals surface area contributed by atoms with Crippen LogP contribution in [0.25, 0.3) is 10.9 Å². The maximum Gasteiger partial charge on any atom is 0.268 e. The summed E-state index contributed by atoms with van der Waals surface area (Å²) in [6.45, 7) is 0. The number of aromatic nitrogens is 1. The number of nitrogens with one attached hydrogen (secondary N) is 2. The van der Waals surface area contributed by atoms with E-state index in [0.29, 0.717) is 28.5 Å². The third-order valence-corrected chi connectivity index (χ3v) is 5.10. The molecule has 1 aliphatic rings. The number of fused-ring (bicyclic) bond motifs is 2. The first-order chi connectivity index (χ1) is 13.2. The zero-order valence-electron chi connectivity index (χ0n) is 15.6. The number of methoxy groups -OCH3 is 3. The highest BCUT2D eigenvalue weighted by Gasteiger charge is 2.25. The fourth-order valence-electron chi connectivity index (χ4n) is 3.81. The summed E-state index contributed by atoms with van der Waals surface area (Å²) in [6.07, 6.45) is 1.90. The Morgan fingerprint density at radius 2 is 1.85 bits per heavy atom. The van der Waals surface area contributed by atoms with Crippen LogP contribution in [0.15, 0.2) is 36.4 Å². The molecule has 1 aromatic heterocycles. The van der Waals surface area contributed by atoms with Crippen LogP contribution in [-0.2, 0) is 6.42 Å². The lowest BCUT2D eigenvalue weighted by atomic mass is 10.1. The molecule has 0 fully saturated rings. The number of carbonyl (C=O) groups is 1. The van der Waals surface area contributed by atoms with Crippen molar-refractivity contribution in [1.82, 2.24) is 10.3 Å². The number of rotatable bonds is 5. The van der Waals surface area contributed by atoms with E-state index in [2.05, 4.69) is 22.4 Å². The first-order valence-corrected chi connectivity index (χ1v) is 8.86. The van der Waals surface area contributed by atoms with Crippen LogP contribution < -0.4 is 19.5 Å². The van der Waals surface area contributed by atoms with E-state index in [1.54, 1.807) is 27.4 Å². The van der Waals surface area contributed by atoms with Crippen LogP contribution >= 0.6 is 0 Å². The van der Waals surface area contributed by atoms with Gasteiger partial charge in [-0.1, -0.05) is 24.3 Å². The molecule has 2 N–H and O–H groups in total. The molecule has 140 valence electrons. The number of hydrogen-bond acceptors (Lipinski definition) is 4. The lowest BCUT2D eigenvalue weighted by Crippen LogP contribution is -2.27. The minimum absolute atomic E-state index is 0.0334. The summed E-state index contributed by atoms with van der Waals surface area (Å²) in [4.78, 5) is 16.0. The fourth-order valence-corrected chi connectivity index (χ4v) is 3.81. The van der Waals surface area contributed by atoms with Gasteiger partial charge in [-0.2, -0.15) is 0 Å². The third kappa shape index (κ3) is 2.87. The number of aromatic amines is 1. The Hall–Kier alpha value is -3.15. The third-order valence-electron chi connectivity index (χ3n) is 5.10. The van der Waals surface area contributed by atoms with Crippen molar-refractivity contribution in [2.45, 2.75) is 18.9 Å². The smallest absolute Gasteiger partial charge is 0.268 e. The molecule has 3 aromatic rings. The van der Waals surface area contributed by atoms with Crippen molar-refractivity contribution in [1.29, 1.82) is 0 Å². The second-order valence-electron chi connectivity index (χ2n) is 6.56. The standard InChI is InChI=1S/C21H22N2O4/c1-25-17-11-13-10-16(22-18(13)20(27-3)19(17)26-2)21(24)23-15-9-8-12-6-4-5-7-14(12)15/h4-7,10-11,15,22H,8-9H2,1-3H3,(H,23,24)/t15-/m0/s1. The molecule has 0 saturated carbocycles. The van der Waals surface area contributed by atoms with Crippen molar-refractivity contribution in [2.24, 2.45) is 0 Å². The molecule has 1 amide bonds. The number of hydrogen-bond donors (Lipinski definition) is 2. The van der Waals surface area contributed by atoms with Crippen LogP contribution in [0.2, 0.25) is 0 Å². The van der Waals surface area contributed by atoms with Crippen molar-refractivity contribution in [2.75, 3.05) is 21.3 Å². The maximum absolute atomic E-state index is 12.8. The average molecular weight is 366 g/mol. The predicted molar refractivity (Wildman–Crippen MR) is 103 cm³/mol. The average Bonchev–Trinajstić information content (AvgIpc) is 3.30. The number of amides is 1. The quantitative estimate of drug-likeness (QED) is 0.724. The predicted octanol–water partition coefficient (Wildman–Crippen LogP) is 3.61. The summed E-state index contributed by atoms with van der Waals surface area (Å²) in [6, 6.07) is 11.9. The van der Waals surface area contributed by atoms with Crippen LogP contribution in [0.4, 0.5) is 0 Å². The molecule has 0 saturated heterocycles. The molecule has 1 heterocycles. The molecule has 6 nitrogen and oxygen atoms in total. The van der Waals surface area contributed by atoms with Gasteiger partial charge in [-0.3, -0.25) is 4.79 Å². The van der Waals surface area contributed by atoms with E-state index < -0.39 is 0 Å². The second-order valence-corrected chi connectivity index (χ2v) is 6.56. The molecular weight excluding hydrogens is 344 g/mol. The Kier molecular flexibility index (Phi) is 4.39. The van der Waals surface area contributed by atoms with Crippen LogP contribution in [0.1, 0.15) is 34.1 Å². The zero-order valence-corrected chi connectivity index (χ0v) is 15.6. The minimum atomic E-state index is -0.145. The van der Waals surface area contributed by atoms with E-state index in [1.165, 1.54) is 11.1 Å². The van der Waals surface area contributed by atoms with Crippen molar-refractivity contribution < 1.29 is 19.0 Å². The molecule has 1 aliphatic carbocycles. The van der Waals surface area contributed by atoms with Gasteiger partial charge in [0.25, 0.3) is 5.91 Å². The molecular formula is C21H22N2O4. The van der Waals surface area contributed by atoms with Gasteiger partial charge in [0.15, 0.2) is 11.5 Å². The van der Waals surface area contributed by atoms with E-state index in [0.717, 1.165) is 18.2 Å².